The van der Waals surface area contributed by atoms with Crippen LogP contribution in [-0.4, -0.2) is 28.5 Å². The minimum Gasteiger partial charge on any atom is -0.349 e. The number of carbonyl (C=O) groups excluding carboxylic acids is 1. The first-order chi connectivity index (χ1) is 10.7. The van der Waals surface area contributed by atoms with E-state index < -0.39 is 0 Å². The van der Waals surface area contributed by atoms with Crippen molar-refractivity contribution in [2.24, 2.45) is 13.0 Å². The quantitative estimate of drug-likeness (QED) is 0.887. The van der Waals surface area contributed by atoms with Gasteiger partial charge in [0.05, 0.1) is 17.6 Å². The Bertz CT molecular complexity index is 643. The Morgan fingerprint density at radius 2 is 2.14 bits per heavy atom. The lowest BCUT2D eigenvalue weighted by Crippen LogP contribution is -2.29. The normalized spacial score (nSPS) is 16.0. The first-order valence-corrected chi connectivity index (χ1v) is 8.12. The SMILES string of the molecule is Cn1c(CNC(=O)CCC2CCNCC2)nc2ccccc21. The summed E-state index contributed by atoms with van der Waals surface area (Å²) in [6.45, 7) is 2.68. The van der Waals surface area contributed by atoms with Crippen LogP contribution in [0.2, 0.25) is 0 Å². The average molecular weight is 300 g/mol. The van der Waals surface area contributed by atoms with Gasteiger partial charge in [-0.25, -0.2) is 4.98 Å². The van der Waals surface area contributed by atoms with E-state index in [9.17, 15) is 4.79 Å². The number of amides is 1. The molecule has 3 rings (SSSR count). The van der Waals surface area contributed by atoms with Crippen molar-refractivity contribution in [3.05, 3.63) is 30.1 Å². The Kier molecular flexibility index (Phi) is 4.73. The molecule has 0 unspecified atom stereocenters. The Hall–Kier alpha value is -1.88. The largest absolute Gasteiger partial charge is 0.349 e. The van der Waals surface area contributed by atoms with E-state index in [4.69, 9.17) is 0 Å². The van der Waals surface area contributed by atoms with Crippen molar-refractivity contribution in [2.75, 3.05) is 13.1 Å². The summed E-state index contributed by atoms with van der Waals surface area (Å²) >= 11 is 0. The number of hydrogen-bond acceptors (Lipinski definition) is 3. The highest BCUT2D eigenvalue weighted by Gasteiger charge is 2.15. The van der Waals surface area contributed by atoms with Crippen molar-refractivity contribution >= 4 is 16.9 Å². The molecule has 22 heavy (non-hydrogen) atoms. The van der Waals surface area contributed by atoms with Crippen molar-refractivity contribution in [3.63, 3.8) is 0 Å². The lowest BCUT2D eigenvalue weighted by atomic mass is 9.93. The number of carbonyl (C=O) groups is 1. The van der Waals surface area contributed by atoms with Gasteiger partial charge in [0.1, 0.15) is 5.82 Å². The molecule has 0 radical (unpaired) electrons. The number of hydrogen-bond donors (Lipinski definition) is 2. The highest BCUT2D eigenvalue weighted by Crippen LogP contribution is 2.18. The molecule has 0 atom stereocenters. The number of imidazole rings is 1. The van der Waals surface area contributed by atoms with Crippen molar-refractivity contribution < 1.29 is 4.79 Å². The lowest BCUT2D eigenvalue weighted by Gasteiger charge is -2.22. The summed E-state index contributed by atoms with van der Waals surface area (Å²) in [7, 11) is 1.99. The minimum atomic E-state index is 0.130. The molecule has 5 heteroatoms. The van der Waals surface area contributed by atoms with E-state index in [0.717, 1.165) is 36.4 Å². The highest BCUT2D eigenvalue weighted by atomic mass is 16.1. The number of benzene rings is 1. The first-order valence-electron chi connectivity index (χ1n) is 8.12. The van der Waals surface area contributed by atoms with E-state index in [0.29, 0.717) is 18.9 Å². The number of nitrogens with one attached hydrogen (secondary N) is 2. The molecular weight excluding hydrogens is 276 g/mol. The van der Waals surface area contributed by atoms with Crippen molar-refractivity contribution in [2.45, 2.75) is 32.2 Å². The van der Waals surface area contributed by atoms with Gasteiger partial charge in [-0.3, -0.25) is 4.79 Å². The van der Waals surface area contributed by atoms with Crippen LogP contribution in [0, 0.1) is 5.92 Å². The Balaban J connectivity index is 1.50. The smallest absolute Gasteiger partial charge is 0.220 e. The molecule has 1 aromatic carbocycles. The van der Waals surface area contributed by atoms with Crippen LogP contribution >= 0.6 is 0 Å². The fourth-order valence-corrected chi connectivity index (χ4v) is 3.13. The van der Waals surface area contributed by atoms with Crippen LogP contribution in [-0.2, 0) is 18.4 Å². The minimum absolute atomic E-state index is 0.130. The van der Waals surface area contributed by atoms with Gasteiger partial charge >= 0.3 is 0 Å². The Morgan fingerprint density at radius 1 is 1.36 bits per heavy atom. The van der Waals surface area contributed by atoms with Crippen LogP contribution in [0.25, 0.3) is 11.0 Å². The van der Waals surface area contributed by atoms with Crippen LogP contribution < -0.4 is 10.6 Å². The summed E-state index contributed by atoms with van der Waals surface area (Å²) in [5.41, 5.74) is 2.07. The van der Waals surface area contributed by atoms with E-state index in [1.165, 1.54) is 12.8 Å². The zero-order valence-electron chi connectivity index (χ0n) is 13.1. The van der Waals surface area contributed by atoms with Crippen molar-refractivity contribution in [3.8, 4) is 0 Å². The van der Waals surface area contributed by atoms with Gasteiger partial charge in [0.15, 0.2) is 0 Å². The standard InChI is InChI=1S/C17H24N4O/c1-21-15-5-3-2-4-14(15)20-16(21)12-19-17(22)7-6-13-8-10-18-11-9-13/h2-5,13,18H,6-12H2,1H3,(H,19,22). The fourth-order valence-electron chi connectivity index (χ4n) is 3.13. The second-order valence-electron chi connectivity index (χ2n) is 6.08. The van der Waals surface area contributed by atoms with E-state index >= 15 is 0 Å². The summed E-state index contributed by atoms with van der Waals surface area (Å²) in [4.78, 5) is 16.6. The number of para-hydroxylation sites is 2. The second kappa shape index (κ2) is 6.92. The van der Waals surface area contributed by atoms with Gasteiger partial charge in [-0.1, -0.05) is 12.1 Å². The lowest BCUT2D eigenvalue weighted by molar-refractivity contribution is -0.121. The number of aromatic nitrogens is 2. The molecule has 1 fully saturated rings. The number of fused-ring (bicyclic) bond motifs is 1. The van der Waals surface area contributed by atoms with Gasteiger partial charge < -0.3 is 15.2 Å². The van der Waals surface area contributed by atoms with Crippen LogP contribution in [0.3, 0.4) is 0 Å². The molecule has 1 aromatic heterocycles. The molecule has 0 bridgehead atoms. The zero-order valence-corrected chi connectivity index (χ0v) is 13.1. The van der Waals surface area contributed by atoms with E-state index in [-0.39, 0.29) is 5.91 Å². The topological polar surface area (TPSA) is 59.0 Å². The number of nitrogens with zero attached hydrogens (tertiary/aromatic N) is 2. The van der Waals surface area contributed by atoms with Crippen LogP contribution in [0.15, 0.2) is 24.3 Å². The number of rotatable bonds is 5. The predicted molar refractivity (Wildman–Crippen MR) is 87.4 cm³/mol. The monoisotopic (exact) mass is 300 g/mol. The molecule has 2 aromatic rings. The van der Waals surface area contributed by atoms with Gasteiger partial charge in [-0.05, 0) is 50.4 Å². The molecule has 1 saturated heterocycles. The second-order valence-corrected chi connectivity index (χ2v) is 6.08. The summed E-state index contributed by atoms with van der Waals surface area (Å²) in [6.07, 6.45) is 4.00. The van der Waals surface area contributed by atoms with Gasteiger partial charge in [-0.15, -0.1) is 0 Å². The van der Waals surface area contributed by atoms with Gasteiger partial charge in [0.25, 0.3) is 0 Å². The maximum absolute atomic E-state index is 12.0. The van der Waals surface area contributed by atoms with Crippen LogP contribution in [0.4, 0.5) is 0 Å². The van der Waals surface area contributed by atoms with E-state index in [1.807, 2.05) is 35.9 Å². The molecule has 0 spiro atoms. The molecule has 1 amide bonds. The van der Waals surface area contributed by atoms with Crippen molar-refractivity contribution in [1.82, 2.24) is 20.2 Å². The van der Waals surface area contributed by atoms with E-state index in [1.54, 1.807) is 0 Å². The third kappa shape index (κ3) is 3.47. The molecule has 5 nitrogen and oxygen atoms in total. The molecule has 0 aliphatic carbocycles. The highest BCUT2D eigenvalue weighted by molar-refractivity contribution is 5.77. The molecule has 118 valence electrons. The third-order valence-corrected chi connectivity index (χ3v) is 4.56. The zero-order chi connectivity index (χ0) is 15.4. The summed E-state index contributed by atoms with van der Waals surface area (Å²) in [6, 6.07) is 8.03. The van der Waals surface area contributed by atoms with Gasteiger partial charge in [-0.2, -0.15) is 0 Å². The molecule has 1 aliphatic heterocycles. The van der Waals surface area contributed by atoms with E-state index in [2.05, 4.69) is 15.6 Å². The third-order valence-electron chi connectivity index (χ3n) is 4.56. The molecule has 0 saturated carbocycles. The Labute approximate surface area is 131 Å². The molecule has 2 N–H and O–H groups in total. The summed E-state index contributed by atoms with van der Waals surface area (Å²) in [5, 5.41) is 6.36. The fraction of sp³-hybridized carbons (Fsp3) is 0.529. The summed E-state index contributed by atoms with van der Waals surface area (Å²) < 4.78 is 2.04. The average Bonchev–Trinajstić information content (AvgIpc) is 2.88. The van der Waals surface area contributed by atoms with Crippen LogP contribution in [0.5, 0.6) is 0 Å². The first kappa shape index (κ1) is 15.0. The van der Waals surface area contributed by atoms with Crippen molar-refractivity contribution in [1.29, 1.82) is 0 Å². The summed E-state index contributed by atoms with van der Waals surface area (Å²) in [5.74, 6) is 1.73. The Morgan fingerprint density at radius 3 is 2.91 bits per heavy atom. The predicted octanol–water partition coefficient (Wildman–Crippen LogP) is 1.97. The molecular formula is C17H24N4O. The van der Waals surface area contributed by atoms with Gasteiger partial charge in [0, 0.05) is 13.5 Å². The van der Waals surface area contributed by atoms with Gasteiger partial charge in [0.2, 0.25) is 5.91 Å². The van der Waals surface area contributed by atoms with Crippen LogP contribution in [0.1, 0.15) is 31.5 Å². The maximum Gasteiger partial charge on any atom is 0.220 e. The maximum atomic E-state index is 12.0. The number of aryl methyl sites for hydroxylation is 1. The molecule has 2 heterocycles. The molecule has 1 aliphatic rings. The number of piperidine rings is 1.